The lowest BCUT2D eigenvalue weighted by atomic mass is 9.92. The van der Waals surface area contributed by atoms with Gasteiger partial charge in [0.2, 0.25) is 0 Å². The number of aromatic nitrogens is 2. The van der Waals surface area contributed by atoms with E-state index in [-0.39, 0.29) is 23.5 Å². The van der Waals surface area contributed by atoms with Crippen LogP contribution in [0.3, 0.4) is 0 Å². The zero-order valence-corrected chi connectivity index (χ0v) is 21.3. The van der Waals surface area contributed by atoms with Crippen molar-refractivity contribution in [1.82, 2.24) is 9.55 Å². The third-order valence-electron chi connectivity index (χ3n) is 5.98. The van der Waals surface area contributed by atoms with Gasteiger partial charge in [0.25, 0.3) is 0 Å². The number of alkyl halides is 1. The van der Waals surface area contributed by atoms with E-state index in [1.54, 1.807) is 19.3 Å². The lowest BCUT2D eigenvalue weighted by molar-refractivity contribution is -0.127. The number of ether oxygens (including phenoxy) is 1. The van der Waals surface area contributed by atoms with Gasteiger partial charge in [-0.25, -0.2) is 9.18 Å². The highest BCUT2D eigenvalue weighted by Crippen LogP contribution is 2.56. The first kappa shape index (κ1) is 26.2. The van der Waals surface area contributed by atoms with Crippen molar-refractivity contribution in [2.24, 2.45) is 5.92 Å². The van der Waals surface area contributed by atoms with Gasteiger partial charge in [-0.1, -0.05) is 54.9 Å². The van der Waals surface area contributed by atoms with Crippen LogP contribution in [0.2, 0.25) is 0 Å². The Hall–Kier alpha value is -1.04. The first-order valence-electron chi connectivity index (χ1n) is 11.5. The first-order valence-corrected chi connectivity index (χ1v) is 12.8. The van der Waals surface area contributed by atoms with Crippen LogP contribution in [0.15, 0.2) is 17.1 Å². The third-order valence-corrected chi connectivity index (χ3v) is 8.71. The molecule has 1 aromatic rings. The number of hydrogen-bond donors (Lipinski definition) is 1. The van der Waals surface area contributed by atoms with E-state index >= 15 is 4.39 Å². The van der Waals surface area contributed by atoms with Crippen molar-refractivity contribution in [3.8, 4) is 0 Å². The molecule has 1 aliphatic rings. The van der Waals surface area contributed by atoms with E-state index < -0.39 is 32.2 Å². The predicted octanol–water partition coefficient (Wildman–Crippen LogP) is 5.38. The SMILES string of the molecule is CCC(C)CCC1OCC(n2ccc(NC)nc2=O)C(F)C1OP(C(C)C)C(C)(C)C. The highest BCUT2D eigenvalue weighted by molar-refractivity contribution is 7.55. The third kappa shape index (κ3) is 6.72. The van der Waals surface area contributed by atoms with Gasteiger partial charge in [-0.15, -0.1) is 0 Å². The quantitative estimate of drug-likeness (QED) is 0.505. The number of anilines is 1. The number of nitrogens with one attached hydrogen (secondary N) is 1. The van der Waals surface area contributed by atoms with E-state index in [2.05, 4.69) is 58.8 Å². The largest absolute Gasteiger partial charge is 0.373 e. The second-order valence-corrected chi connectivity index (χ2v) is 13.1. The van der Waals surface area contributed by atoms with Crippen molar-refractivity contribution >= 4 is 14.0 Å². The van der Waals surface area contributed by atoms with Crippen molar-refractivity contribution in [2.45, 2.75) is 103 Å². The number of rotatable bonds is 9. The molecule has 1 N–H and O–H groups in total. The monoisotopic (exact) mass is 457 g/mol. The van der Waals surface area contributed by atoms with Crippen LogP contribution in [0.5, 0.6) is 0 Å². The maximum atomic E-state index is 16.0. The first-order chi connectivity index (χ1) is 14.5. The molecule has 0 spiro atoms. The van der Waals surface area contributed by atoms with Crippen LogP contribution < -0.4 is 11.0 Å². The van der Waals surface area contributed by atoms with E-state index in [1.165, 1.54) is 4.57 Å². The summed E-state index contributed by atoms with van der Waals surface area (Å²) < 4.78 is 30.1. The van der Waals surface area contributed by atoms with Gasteiger partial charge in [0.15, 0.2) is 6.17 Å². The molecule has 1 aromatic heterocycles. The van der Waals surface area contributed by atoms with Crippen molar-refractivity contribution < 1.29 is 13.7 Å². The average molecular weight is 458 g/mol. The summed E-state index contributed by atoms with van der Waals surface area (Å²) in [5, 5.41) is 2.76. The van der Waals surface area contributed by atoms with Crippen LogP contribution in [-0.4, -0.2) is 52.4 Å². The van der Waals surface area contributed by atoms with Crippen LogP contribution in [-0.2, 0) is 9.26 Å². The summed E-state index contributed by atoms with van der Waals surface area (Å²) in [5.74, 6) is 1.01. The van der Waals surface area contributed by atoms with Crippen molar-refractivity contribution in [3.05, 3.63) is 22.7 Å². The molecule has 6 unspecified atom stereocenters. The molecule has 0 bridgehead atoms. The second-order valence-electron chi connectivity index (χ2n) is 9.89. The fraction of sp³-hybridized carbons (Fsp3) is 0.826. The Balaban J connectivity index is 2.33. The molecule has 2 rings (SSSR count). The van der Waals surface area contributed by atoms with Gasteiger partial charge in [-0.2, -0.15) is 4.98 Å². The normalized spacial score (nSPS) is 26.6. The Labute approximate surface area is 188 Å². The zero-order valence-electron chi connectivity index (χ0n) is 20.4. The molecular weight excluding hydrogens is 416 g/mol. The molecule has 1 fully saturated rings. The summed E-state index contributed by atoms with van der Waals surface area (Å²) in [6.07, 6.45) is 2.03. The topological polar surface area (TPSA) is 65.4 Å². The average Bonchev–Trinajstić information content (AvgIpc) is 2.70. The Morgan fingerprint density at radius 1 is 1.39 bits per heavy atom. The molecule has 6 atom stereocenters. The van der Waals surface area contributed by atoms with Gasteiger partial charge in [-0.3, -0.25) is 4.57 Å². The summed E-state index contributed by atoms with van der Waals surface area (Å²) in [5.41, 5.74) is -0.195. The molecule has 0 amide bonds. The van der Waals surface area contributed by atoms with Crippen molar-refractivity contribution in [3.63, 3.8) is 0 Å². The highest BCUT2D eigenvalue weighted by atomic mass is 31.1. The molecule has 1 saturated heterocycles. The number of halogens is 1. The highest BCUT2D eigenvalue weighted by Gasteiger charge is 2.45. The van der Waals surface area contributed by atoms with Gasteiger partial charge < -0.3 is 14.6 Å². The van der Waals surface area contributed by atoms with Gasteiger partial charge in [-0.05, 0) is 30.5 Å². The van der Waals surface area contributed by atoms with Crippen LogP contribution in [0.25, 0.3) is 0 Å². The maximum Gasteiger partial charge on any atom is 0.349 e. The number of nitrogens with zero attached hydrogens (tertiary/aromatic N) is 2. The van der Waals surface area contributed by atoms with Crippen LogP contribution in [0.4, 0.5) is 10.2 Å². The fourth-order valence-corrected chi connectivity index (χ4v) is 6.71. The molecular formula is C23H41FN3O3P. The minimum absolute atomic E-state index is 0.0791. The fourth-order valence-electron chi connectivity index (χ4n) is 4.08. The van der Waals surface area contributed by atoms with Gasteiger partial charge >= 0.3 is 5.69 Å². The molecule has 31 heavy (non-hydrogen) atoms. The van der Waals surface area contributed by atoms with E-state index in [4.69, 9.17) is 9.26 Å². The summed E-state index contributed by atoms with van der Waals surface area (Å²) in [7, 11) is 0.792. The summed E-state index contributed by atoms with van der Waals surface area (Å²) >= 11 is 0. The number of hydrogen-bond acceptors (Lipinski definition) is 5. The van der Waals surface area contributed by atoms with E-state index in [1.807, 2.05) is 0 Å². The smallest absolute Gasteiger partial charge is 0.349 e. The summed E-state index contributed by atoms with van der Waals surface area (Å²) in [4.78, 5) is 16.5. The second kappa shape index (κ2) is 11.2. The van der Waals surface area contributed by atoms with Crippen molar-refractivity contribution in [1.29, 1.82) is 0 Å². The summed E-state index contributed by atoms with van der Waals surface area (Å²) in [6.45, 7) is 15.2. The molecule has 1 aliphatic heterocycles. The molecule has 8 heteroatoms. The molecule has 2 heterocycles. The van der Waals surface area contributed by atoms with E-state index in [0.717, 1.165) is 19.3 Å². The maximum absolute atomic E-state index is 16.0. The Morgan fingerprint density at radius 2 is 2.06 bits per heavy atom. The molecule has 0 saturated carbocycles. The Bertz CT molecular complexity index is 752. The minimum atomic E-state index is -1.35. The lowest BCUT2D eigenvalue weighted by Gasteiger charge is -2.44. The van der Waals surface area contributed by atoms with Gasteiger partial charge in [0.05, 0.1) is 18.8 Å². The molecule has 0 aromatic carbocycles. The molecule has 6 nitrogen and oxygen atoms in total. The van der Waals surface area contributed by atoms with Crippen molar-refractivity contribution in [2.75, 3.05) is 19.0 Å². The van der Waals surface area contributed by atoms with Gasteiger partial charge in [0, 0.05) is 26.5 Å². The zero-order chi connectivity index (χ0) is 23.3. The van der Waals surface area contributed by atoms with E-state index in [0.29, 0.717) is 11.7 Å². The molecule has 0 radical (unpaired) electrons. The summed E-state index contributed by atoms with van der Waals surface area (Å²) in [6, 6.07) is 0.926. The standard InChI is InChI=1S/C23H41FN3O3P/c1-9-16(4)10-11-18-21(30-31(15(2)3)23(5,6)7)20(24)17(14-29-18)27-13-12-19(25-8)26-22(27)28/h12-13,15-18,20-21H,9-11,14H2,1-8H3,(H,25,26,28). The Morgan fingerprint density at radius 3 is 2.58 bits per heavy atom. The Kier molecular flexibility index (Phi) is 9.47. The van der Waals surface area contributed by atoms with Crippen LogP contribution in [0, 0.1) is 5.92 Å². The lowest BCUT2D eigenvalue weighted by Crippen LogP contribution is -2.52. The molecule has 178 valence electrons. The minimum Gasteiger partial charge on any atom is -0.373 e. The van der Waals surface area contributed by atoms with Crippen LogP contribution in [0.1, 0.15) is 73.8 Å². The van der Waals surface area contributed by atoms with E-state index in [9.17, 15) is 4.79 Å². The van der Waals surface area contributed by atoms with Gasteiger partial charge in [0.1, 0.15) is 11.9 Å². The predicted molar refractivity (Wildman–Crippen MR) is 127 cm³/mol. The molecule has 0 aliphatic carbocycles. The van der Waals surface area contributed by atoms with Crippen LogP contribution >= 0.6 is 8.15 Å².